The maximum Gasteiger partial charge on any atom is 0.270 e. The molecule has 1 unspecified atom stereocenters. The Balaban J connectivity index is 1.53. The van der Waals surface area contributed by atoms with E-state index in [4.69, 9.17) is 5.26 Å². The van der Waals surface area contributed by atoms with Crippen molar-refractivity contribution in [3.8, 4) is 6.07 Å². The van der Waals surface area contributed by atoms with E-state index >= 15 is 0 Å². The summed E-state index contributed by atoms with van der Waals surface area (Å²) < 4.78 is 14.2. The number of nitrogens with zero attached hydrogens (tertiary/aromatic N) is 3. The second-order valence-corrected chi connectivity index (χ2v) is 6.73. The lowest BCUT2D eigenvalue weighted by Crippen LogP contribution is -2.50. The van der Waals surface area contributed by atoms with E-state index in [1.54, 1.807) is 49.4 Å². The van der Waals surface area contributed by atoms with Gasteiger partial charge >= 0.3 is 0 Å². The lowest BCUT2D eigenvalue weighted by Gasteiger charge is -2.35. The summed E-state index contributed by atoms with van der Waals surface area (Å²) in [4.78, 5) is 12.5. The van der Waals surface area contributed by atoms with Crippen LogP contribution in [-0.2, 0) is 4.79 Å². The highest BCUT2D eigenvalue weighted by Gasteiger charge is 2.31. The minimum atomic E-state index is -0.497. The number of fused-ring (bicyclic) bond motifs is 1. The molecule has 1 amide bonds. The molecule has 29 heavy (non-hydrogen) atoms. The monoisotopic (exact) mass is 387 g/mol. The molecule has 1 atom stereocenters. The van der Waals surface area contributed by atoms with E-state index in [0.717, 1.165) is 5.69 Å². The van der Waals surface area contributed by atoms with Gasteiger partial charge in [-0.25, -0.2) is 9.40 Å². The van der Waals surface area contributed by atoms with E-state index in [0.29, 0.717) is 34.7 Å². The maximum absolute atomic E-state index is 14.2. The predicted molar refractivity (Wildman–Crippen MR) is 109 cm³/mol. The van der Waals surface area contributed by atoms with Crippen molar-refractivity contribution in [2.45, 2.75) is 13.1 Å². The number of amides is 1. The molecule has 0 saturated heterocycles. The smallest absolute Gasteiger partial charge is 0.270 e. The molecule has 7 heteroatoms. The first-order chi connectivity index (χ1) is 14.0. The van der Waals surface area contributed by atoms with Crippen LogP contribution in [0.3, 0.4) is 0 Å². The lowest BCUT2D eigenvalue weighted by atomic mass is 9.98. The van der Waals surface area contributed by atoms with Crippen LogP contribution < -0.4 is 10.6 Å². The third-order valence-electron chi connectivity index (χ3n) is 4.75. The van der Waals surface area contributed by atoms with Crippen molar-refractivity contribution in [1.29, 1.82) is 5.26 Å². The fraction of sp³-hybridized carbons (Fsp3) is 0.136. The summed E-state index contributed by atoms with van der Waals surface area (Å²) in [6, 6.07) is 15.6. The van der Waals surface area contributed by atoms with Gasteiger partial charge in [0, 0.05) is 28.6 Å². The molecule has 0 aliphatic carbocycles. The van der Waals surface area contributed by atoms with Crippen LogP contribution in [0.15, 0.2) is 71.5 Å². The molecule has 2 N–H and O–H groups in total. The van der Waals surface area contributed by atoms with Crippen molar-refractivity contribution < 1.29 is 9.18 Å². The van der Waals surface area contributed by atoms with Gasteiger partial charge in [0.1, 0.15) is 12.0 Å². The van der Waals surface area contributed by atoms with Crippen LogP contribution in [0, 0.1) is 17.1 Å². The third-order valence-corrected chi connectivity index (χ3v) is 4.75. The standard InChI is InChI=1S/C22H18FN5O/c1-14-19(18-4-2-3-5-20(18)23)11-21-26-17(10-22(29)28(21)27-14)13-25-16-8-6-15(12-24)7-9-16/h2-11,21,25-26H,13H2,1H3. The predicted octanol–water partition coefficient (Wildman–Crippen LogP) is 3.22. The van der Waals surface area contributed by atoms with Crippen molar-refractivity contribution in [3.63, 3.8) is 0 Å². The fourth-order valence-corrected chi connectivity index (χ4v) is 3.29. The Morgan fingerprint density at radius 3 is 2.72 bits per heavy atom. The number of benzene rings is 2. The number of nitriles is 1. The molecule has 2 aromatic carbocycles. The number of hydrazone groups is 1. The van der Waals surface area contributed by atoms with Gasteiger partial charge in [0.25, 0.3) is 5.91 Å². The summed E-state index contributed by atoms with van der Waals surface area (Å²) in [5.41, 5.74) is 3.80. The molecule has 144 valence electrons. The largest absolute Gasteiger partial charge is 0.379 e. The summed E-state index contributed by atoms with van der Waals surface area (Å²) in [5, 5.41) is 21.1. The van der Waals surface area contributed by atoms with Gasteiger partial charge in [-0.15, -0.1) is 0 Å². The van der Waals surface area contributed by atoms with Crippen molar-refractivity contribution >= 4 is 22.9 Å². The first kappa shape index (κ1) is 18.4. The average molecular weight is 387 g/mol. The highest BCUT2D eigenvalue weighted by molar-refractivity contribution is 6.23. The fourth-order valence-electron chi connectivity index (χ4n) is 3.29. The summed E-state index contributed by atoms with van der Waals surface area (Å²) in [6.45, 7) is 2.15. The molecule has 0 fully saturated rings. The number of nitrogens with one attached hydrogen (secondary N) is 2. The van der Waals surface area contributed by atoms with E-state index in [1.807, 2.05) is 6.08 Å². The Morgan fingerprint density at radius 1 is 1.24 bits per heavy atom. The minimum Gasteiger partial charge on any atom is -0.379 e. The Hall–Kier alpha value is -3.92. The normalized spacial score (nSPS) is 18.0. The van der Waals surface area contributed by atoms with Crippen LogP contribution in [0.5, 0.6) is 0 Å². The summed E-state index contributed by atoms with van der Waals surface area (Å²) in [6.07, 6.45) is 2.81. The topological polar surface area (TPSA) is 80.5 Å². The number of hydrogen-bond donors (Lipinski definition) is 2. The number of rotatable bonds is 4. The number of carbonyl (C=O) groups is 1. The summed E-state index contributed by atoms with van der Waals surface area (Å²) >= 11 is 0. The maximum atomic E-state index is 14.2. The van der Waals surface area contributed by atoms with E-state index in [2.05, 4.69) is 21.8 Å². The van der Waals surface area contributed by atoms with E-state index in [9.17, 15) is 9.18 Å². The molecule has 0 bridgehead atoms. The van der Waals surface area contributed by atoms with Gasteiger partial charge < -0.3 is 10.6 Å². The zero-order valence-electron chi connectivity index (χ0n) is 15.7. The molecule has 2 aliphatic heterocycles. The molecule has 6 nitrogen and oxygen atoms in total. The highest BCUT2D eigenvalue weighted by atomic mass is 19.1. The first-order valence-corrected chi connectivity index (χ1v) is 9.12. The zero-order chi connectivity index (χ0) is 20.4. The van der Waals surface area contributed by atoms with Crippen molar-refractivity contribution in [2.24, 2.45) is 5.10 Å². The van der Waals surface area contributed by atoms with Gasteiger partial charge in [-0.05, 0) is 43.3 Å². The van der Waals surface area contributed by atoms with Gasteiger partial charge in [0.05, 0.1) is 23.9 Å². The SMILES string of the molecule is CC1=NN2C(=O)C=C(CNc3ccc(C#N)cc3)NC2C=C1c1ccccc1F. The molecule has 2 aromatic rings. The highest BCUT2D eigenvalue weighted by Crippen LogP contribution is 2.26. The first-order valence-electron chi connectivity index (χ1n) is 9.12. The Labute approximate surface area is 167 Å². The molecule has 0 radical (unpaired) electrons. The van der Waals surface area contributed by atoms with Crippen molar-refractivity contribution in [2.75, 3.05) is 11.9 Å². The van der Waals surface area contributed by atoms with Crippen LogP contribution in [0.1, 0.15) is 18.1 Å². The summed E-state index contributed by atoms with van der Waals surface area (Å²) in [7, 11) is 0. The van der Waals surface area contributed by atoms with Gasteiger partial charge in [0.2, 0.25) is 0 Å². The second kappa shape index (κ2) is 7.60. The van der Waals surface area contributed by atoms with Crippen LogP contribution in [-0.4, -0.2) is 29.3 Å². The lowest BCUT2D eigenvalue weighted by molar-refractivity contribution is -0.128. The average Bonchev–Trinajstić information content (AvgIpc) is 2.73. The van der Waals surface area contributed by atoms with Gasteiger partial charge in [-0.2, -0.15) is 10.4 Å². The molecule has 2 heterocycles. The van der Waals surface area contributed by atoms with Gasteiger partial charge in [0.15, 0.2) is 0 Å². The Morgan fingerprint density at radius 2 is 2.00 bits per heavy atom. The molecular formula is C22H18FN5O. The van der Waals surface area contributed by atoms with Crippen molar-refractivity contribution in [3.05, 3.63) is 83.3 Å². The Bertz CT molecular complexity index is 1090. The minimum absolute atomic E-state index is 0.242. The molecule has 0 spiro atoms. The van der Waals surface area contributed by atoms with Crippen LogP contribution in [0.4, 0.5) is 10.1 Å². The zero-order valence-corrected chi connectivity index (χ0v) is 15.7. The van der Waals surface area contributed by atoms with Crippen molar-refractivity contribution in [1.82, 2.24) is 10.3 Å². The molecule has 0 aromatic heterocycles. The van der Waals surface area contributed by atoms with Crippen LogP contribution >= 0.6 is 0 Å². The quantitative estimate of drug-likeness (QED) is 0.844. The number of halogens is 1. The third kappa shape index (κ3) is 3.73. The van der Waals surface area contributed by atoms with Gasteiger partial charge in [-0.1, -0.05) is 18.2 Å². The van der Waals surface area contributed by atoms with Crippen LogP contribution in [0.25, 0.3) is 5.57 Å². The number of hydrogen-bond acceptors (Lipinski definition) is 5. The number of anilines is 1. The van der Waals surface area contributed by atoms with Crippen LogP contribution in [0.2, 0.25) is 0 Å². The van der Waals surface area contributed by atoms with E-state index in [-0.39, 0.29) is 11.7 Å². The second-order valence-electron chi connectivity index (χ2n) is 6.73. The molecule has 2 aliphatic rings. The molecule has 4 rings (SSSR count). The number of allylic oxidation sites excluding steroid dienone is 1. The number of carbonyl (C=O) groups excluding carboxylic acids is 1. The summed E-state index contributed by atoms with van der Waals surface area (Å²) in [5.74, 6) is -0.573. The van der Waals surface area contributed by atoms with E-state index in [1.165, 1.54) is 17.2 Å². The molecule has 0 saturated carbocycles. The van der Waals surface area contributed by atoms with Gasteiger partial charge in [-0.3, -0.25) is 4.79 Å². The Kier molecular flexibility index (Phi) is 4.83. The van der Waals surface area contributed by atoms with E-state index < -0.39 is 6.17 Å². The molecular weight excluding hydrogens is 369 g/mol.